The Kier molecular flexibility index (Phi) is 7.73. The normalized spacial score (nSPS) is 12.0. The smallest absolute Gasteiger partial charge is 0.260 e. The summed E-state index contributed by atoms with van der Waals surface area (Å²) in [5, 5.41) is 3.91. The SMILES string of the molecule is CC[C@H](C)Cc1c(C)sc2nc(SCC(=O)Nc3ccc(C(=O)N(C)C)cc3)[nH]c(=O)c12. The molecule has 0 aliphatic rings. The Morgan fingerprint density at radius 2 is 1.94 bits per heavy atom. The van der Waals surface area contributed by atoms with Crippen molar-refractivity contribution in [3.05, 3.63) is 50.6 Å². The number of thioether (sulfide) groups is 1. The number of rotatable bonds is 8. The summed E-state index contributed by atoms with van der Waals surface area (Å²) in [4.78, 5) is 47.8. The molecule has 1 aromatic carbocycles. The molecular formula is C23H28N4O3S2. The van der Waals surface area contributed by atoms with Crippen LogP contribution in [0.4, 0.5) is 5.69 Å². The topological polar surface area (TPSA) is 95.2 Å². The molecule has 0 spiro atoms. The van der Waals surface area contributed by atoms with E-state index in [9.17, 15) is 14.4 Å². The van der Waals surface area contributed by atoms with Crippen molar-refractivity contribution >= 4 is 50.8 Å². The van der Waals surface area contributed by atoms with E-state index in [4.69, 9.17) is 0 Å². The maximum atomic E-state index is 12.7. The number of nitrogens with one attached hydrogen (secondary N) is 2. The maximum absolute atomic E-state index is 12.7. The molecule has 1 atom stereocenters. The fraction of sp³-hybridized carbons (Fsp3) is 0.391. The summed E-state index contributed by atoms with van der Waals surface area (Å²) in [5.74, 6) is 0.291. The Morgan fingerprint density at radius 1 is 1.25 bits per heavy atom. The van der Waals surface area contributed by atoms with Crippen LogP contribution >= 0.6 is 23.1 Å². The first-order chi connectivity index (χ1) is 15.2. The molecule has 9 heteroatoms. The van der Waals surface area contributed by atoms with Gasteiger partial charge in [0.25, 0.3) is 11.5 Å². The molecule has 2 amide bonds. The molecule has 3 aromatic rings. The molecule has 2 aromatic heterocycles. The first-order valence-electron chi connectivity index (χ1n) is 10.5. The molecule has 0 aliphatic carbocycles. The average Bonchev–Trinajstić information content (AvgIpc) is 3.07. The molecule has 0 saturated carbocycles. The van der Waals surface area contributed by atoms with Crippen LogP contribution in [-0.4, -0.2) is 46.5 Å². The minimum absolute atomic E-state index is 0.0972. The number of anilines is 1. The van der Waals surface area contributed by atoms with Crippen molar-refractivity contribution in [1.29, 1.82) is 0 Å². The number of aromatic nitrogens is 2. The van der Waals surface area contributed by atoms with Gasteiger partial charge in [-0.2, -0.15) is 0 Å². The number of aromatic amines is 1. The third-order valence-corrected chi connectivity index (χ3v) is 7.17. The van der Waals surface area contributed by atoms with Crippen molar-refractivity contribution < 1.29 is 9.59 Å². The van der Waals surface area contributed by atoms with Crippen molar-refractivity contribution in [2.24, 2.45) is 5.92 Å². The predicted molar refractivity (Wildman–Crippen MR) is 132 cm³/mol. The van der Waals surface area contributed by atoms with Crippen molar-refractivity contribution in [3.63, 3.8) is 0 Å². The number of thiophene rings is 1. The van der Waals surface area contributed by atoms with Gasteiger partial charge >= 0.3 is 0 Å². The lowest BCUT2D eigenvalue weighted by molar-refractivity contribution is -0.113. The molecule has 0 aliphatic heterocycles. The molecular weight excluding hydrogens is 444 g/mol. The standard InChI is InChI=1S/C23H28N4O3S2/c1-6-13(2)11-17-14(3)32-21-19(17)20(29)25-23(26-21)31-12-18(28)24-16-9-7-15(8-10-16)22(30)27(4)5/h7-10,13H,6,11-12H2,1-5H3,(H,24,28)(H,25,26,29)/t13-/m0/s1. The number of benzene rings is 1. The molecule has 0 bridgehead atoms. The van der Waals surface area contributed by atoms with Gasteiger partial charge in [0.15, 0.2) is 5.16 Å². The molecule has 0 fully saturated rings. The molecule has 170 valence electrons. The lowest BCUT2D eigenvalue weighted by Gasteiger charge is -2.11. The third-order valence-electron chi connectivity index (χ3n) is 5.25. The third kappa shape index (κ3) is 5.58. The number of aryl methyl sites for hydroxylation is 1. The van der Waals surface area contributed by atoms with Gasteiger partial charge in [-0.1, -0.05) is 32.0 Å². The van der Waals surface area contributed by atoms with E-state index in [0.29, 0.717) is 32.5 Å². The molecule has 7 nitrogen and oxygen atoms in total. The van der Waals surface area contributed by atoms with Gasteiger partial charge in [-0.05, 0) is 49.1 Å². The molecule has 2 heterocycles. The number of carbonyl (C=O) groups excluding carboxylic acids is 2. The quantitative estimate of drug-likeness (QED) is 0.376. The van der Waals surface area contributed by atoms with E-state index in [1.54, 1.807) is 38.4 Å². The van der Waals surface area contributed by atoms with Gasteiger partial charge in [-0.25, -0.2) is 4.98 Å². The van der Waals surface area contributed by atoms with E-state index in [2.05, 4.69) is 29.1 Å². The van der Waals surface area contributed by atoms with Gasteiger partial charge in [0.05, 0.1) is 11.1 Å². The van der Waals surface area contributed by atoms with E-state index < -0.39 is 0 Å². The minimum Gasteiger partial charge on any atom is -0.345 e. The summed E-state index contributed by atoms with van der Waals surface area (Å²) in [6.07, 6.45) is 1.92. The lowest BCUT2D eigenvalue weighted by Crippen LogP contribution is -2.21. The van der Waals surface area contributed by atoms with Crippen LogP contribution in [0.15, 0.2) is 34.2 Å². The van der Waals surface area contributed by atoms with E-state index in [1.807, 2.05) is 6.92 Å². The summed E-state index contributed by atoms with van der Waals surface area (Å²) in [7, 11) is 3.38. The zero-order valence-corrected chi connectivity index (χ0v) is 20.6. The fourth-order valence-electron chi connectivity index (χ4n) is 3.25. The highest BCUT2D eigenvalue weighted by Crippen LogP contribution is 2.30. The van der Waals surface area contributed by atoms with Gasteiger partial charge in [0.2, 0.25) is 5.91 Å². The largest absolute Gasteiger partial charge is 0.345 e. The first kappa shape index (κ1) is 24.0. The van der Waals surface area contributed by atoms with Crippen LogP contribution in [0.3, 0.4) is 0 Å². The number of hydrogen-bond donors (Lipinski definition) is 2. The molecule has 3 rings (SSSR count). The monoisotopic (exact) mass is 472 g/mol. The average molecular weight is 473 g/mol. The summed E-state index contributed by atoms with van der Waals surface area (Å²) in [5.41, 5.74) is 2.09. The van der Waals surface area contributed by atoms with Crippen LogP contribution in [0.1, 0.15) is 41.1 Å². The second-order valence-corrected chi connectivity index (χ2v) is 10.2. The van der Waals surface area contributed by atoms with Gasteiger partial charge in [-0.15, -0.1) is 11.3 Å². The molecule has 32 heavy (non-hydrogen) atoms. The Bertz CT molecular complexity index is 1180. The minimum atomic E-state index is -0.218. The Morgan fingerprint density at radius 3 is 2.56 bits per heavy atom. The van der Waals surface area contributed by atoms with Crippen molar-refractivity contribution in [1.82, 2.24) is 14.9 Å². The van der Waals surface area contributed by atoms with Gasteiger partial charge in [0, 0.05) is 30.2 Å². The summed E-state index contributed by atoms with van der Waals surface area (Å²) >= 11 is 2.72. The second-order valence-electron chi connectivity index (χ2n) is 8.02. The summed E-state index contributed by atoms with van der Waals surface area (Å²) in [6.45, 7) is 6.36. The van der Waals surface area contributed by atoms with Crippen molar-refractivity contribution in [2.75, 3.05) is 25.2 Å². The van der Waals surface area contributed by atoms with E-state index in [-0.39, 0.29) is 23.1 Å². The zero-order valence-electron chi connectivity index (χ0n) is 18.9. The van der Waals surface area contributed by atoms with E-state index >= 15 is 0 Å². The highest BCUT2D eigenvalue weighted by Gasteiger charge is 2.17. The predicted octanol–water partition coefficient (Wildman–Crippen LogP) is 4.31. The number of carbonyl (C=O) groups is 2. The number of nitrogens with zero attached hydrogens (tertiary/aromatic N) is 2. The van der Waals surface area contributed by atoms with Crippen LogP contribution in [0.25, 0.3) is 10.2 Å². The van der Waals surface area contributed by atoms with Crippen LogP contribution in [-0.2, 0) is 11.2 Å². The van der Waals surface area contributed by atoms with E-state index in [0.717, 1.165) is 23.3 Å². The molecule has 2 N–H and O–H groups in total. The lowest BCUT2D eigenvalue weighted by atomic mass is 9.98. The number of fused-ring (bicyclic) bond motifs is 1. The molecule has 0 radical (unpaired) electrons. The van der Waals surface area contributed by atoms with Gasteiger partial charge in [-0.3, -0.25) is 14.4 Å². The molecule has 0 unspecified atom stereocenters. The number of hydrogen-bond acceptors (Lipinski definition) is 6. The second kappa shape index (κ2) is 10.3. The first-order valence-corrected chi connectivity index (χ1v) is 12.3. The Labute approximate surface area is 195 Å². The zero-order chi connectivity index (χ0) is 23.4. The van der Waals surface area contributed by atoms with E-state index in [1.165, 1.54) is 28.0 Å². The Hall–Kier alpha value is -2.65. The van der Waals surface area contributed by atoms with Crippen molar-refractivity contribution in [2.45, 2.75) is 38.8 Å². The van der Waals surface area contributed by atoms with Crippen LogP contribution in [0, 0.1) is 12.8 Å². The Balaban J connectivity index is 1.66. The van der Waals surface area contributed by atoms with Crippen LogP contribution < -0.4 is 10.9 Å². The fourth-order valence-corrected chi connectivity index (χ4v) is 5.02. The van der Waals surface area contributed by atoms with Crippen LogP contribution in [0.5, 0.6) is 0 Å². The van der Waals surface area contributed by atoms with Crippen molar-refractivity contribution in [3.8, 4) is 0 Å². The molecule has 0 saturated heterocycles. The maximum Gasteiger partial charge on any atom is 0.260 e. The number of amides is 2. The number of H-pyrrole nitrogens is 1. The highest BCUT2D eigenvalue weighted by molar-refractivity contribution is 7.99. The van der Waals surface area contributed by atoms with Gasteiger partial charge in [0.1, 0.15) is 4.83 Å². The summed E-state index contributed by atoms with van der Waals surface area (Å²) in [6, 6.07) is 6.74. The summed E-state index contributed by atoms with van der Waals surface area (Å²) < 4.78 is 0. The highest BCUT2D eigenvalue weighted by atomic mass is 32.2. The van der Waals surface area contributed by atoms with Crippen LogP contribution in [0.2, 0.25) is 0 Å². The van der Waals surface area contributed by atoms with Gasteiger partial charge < -0.3 is 15.2 Å².